The van der Waals surface area contributed by atoms with Gasteiger partial charge in [0.05, 0.1) is 24.1 Å². The first-order valence-corrected chi connectivity index (χ1v) is 18.8. The Balaban J connectivity index is 1.09. The van der Waals surface area contributed by atoms with Gasteiger partial charge in [-0.3, -0.25) is 4.79 Å². The van der Waals surface area contributed by atoms with Gasteiger partial charge < -0.3 is 19.6 Å². The molecule has 290 valence electrons. The number of hydrogen-bond donors (Lipinski definition) is 3. The van der Waals surface area contributed by atoms with E-state index < -0.39 is 44.2 Å². The zero-order chi connectivity index (χ0) is 38.9. The maximum absolute atomic E-state index is 13.4. The molecule has 0 radical (unpaired) electrons. The minimum absolute atomic E-state index is 0.0642. The highest BCUT2D eigenvalue weighted by Gasteiger charge is 2.62. The van der Waals surface area contributed by atoms with Crippen molar-refractivity contribution >= 4 is 39.4 Å². The molecule has 1 aliphatic heterocycles. The van der Waals surface area contributed by atoms with Crippen LogP contribution in [-0.4, -0.2) is 102 Å². The monoisotopic (exact) mass is 795 g/mol. The Bertz CT molecular complexity index is 2090. The van der Waals surface area contributed by atoms with Crippen molar-refractivity contribution in [1.29, 1.82) is 0 Å². The maximum Gasteiger partial charge on any atom is 0.407 e. The van der Waals surface area contributed by atoms with Crippen LogP contribution in [0.1, 0.15) is 68.6 Å². The van der Waals surface area contributed by atoms with Gasteiger partial charge in [0.15, 0.2) is 16.7 Å². The van der Waals surface area contributed by atoms with Gasteiger partial charge in [-0.2, -0.15) is 26.8 Å². The average Bonchev–Trinajstić information content (AvgIpc) is 3.38. The molecule has 0 bridgehead atoms. The molecule has 6 rings (SSSR count). The number of ether oxygens (including phenoxy) is 1. The highest BCUT2D eigenvalue weighted by Crippen LogP contribution is 2.59. The molecule has 0 unspecified atom stereocenters. The molecule has 1 atom stereocenters. The van der Waals surface area contributed by atoms with E-state index in [0.717, 1.165) is 0 Å². The van der Waals surface area contributed by atoms with Crippen molar-refractivity contribution in [1.82, 2.24) is 50.0 Å². The van der Waals surface area contributed by atoms with Gasteiger partial charge in [-0.25, -0.2) is 24.2 Å². The largest absolute Gasteiger partial charge is 0.477 e. The first kappa shape index (κ1) is 38.7. The first-order valence-electron chi connectivity index (χ1n) is 16.9. The second-order valence-electron chi connectivity index (χ2n) is 13.9. The summed E-state index contributed by atoms with van der Waals surface area (Å²) in [5.74, 6) is -0.154. The Morgan fingerprint density at radius 1 is 1.17 bits per heavy atom. The lowest BCUT2D eigenvalue weighted by atomic mass is 9.93. The van der Waals surface area contributed by atoms with Crippen molar-refractivity contribution in [2.75, 3.05) is 24.6 Å². The zero-order valence-corrected chi connectivity index (χ0v) is 30.7. The number of tetrazole rings is 1. The highest BCUT2D eigenvalue weighted by atomic mass is 35.5. The van der Waals surface area contributed by atoms with Gasteiger partial charge in [-0.05, 0) is 82.6 Å². The molecule has 4 aromatic heterocycles. The van der Waals surface area contributed by atoms with E-state index >= 15 is 0 Å². The molecule has 54 heavy (non-hydrogen) atoms. The Kier molecular flexibility index (Phi) is 10.7. The fourth-order valence-corrected chi connectivity index (χ4v) is 7.72. The number of pyridine rings is 2. The molecule has 0 spiro atoms. The molecule has 22 heteroatoms. The lowest BCUT2D eigenvalue weighted by Gasteiger charge is -2.28. The van der Waals surface area contributed by atoms with E-state index in [2.05, 4.69) is 35.7 Å². The van der Waals surface area contributed by atoms with E-state index in [0.29, 0.717) is 38.2 Å². The summed E-state index contributed by atoms with van der Waals surface area (Å²) < 4.78 is 75.0. The first-order chi connectivity index (χ1) is 25.5. The summed E-state index contributed by atoms with van der Waals surface area (Å²) in [4.78, 5) is 36.5. The number of aromatic amines is 1. The van der Waals surface area contributed by atoms with Gasteiger partial charge in [0.1, 0.15) is 11.0 Å². The van der Waals surface area contributed by atoms with Gasteiger partial charge >= 0.3 is 12.3 Å². The van der Waals surface area contributed by atoms with E-state index in [-0.39, 0.29) is 66.6 Å². The van der Waals surface area contributed by atoms with Crippen molar-refractivity contribution in [3.05, 3.63) is 59.1 Å². The van der Waals surface area contributed by atoms with Gasteiger partial charge in [0.25, 0.3) is 15.9 Å². The topological polar surface area (TPSA) is 214 Å². The van der Waals surface area contributed by atoms with E-state index in [1.807, 2.05) is 18.6 Å². The molecule has 5 heterocycles. The number of nitrogens with one attached hydrogen (secondary N) is 2. The minimum atomic E-state index is -4.53. The standard InChI is InChI=1S/C32H37ClF3N11O6S/c1-30(2)17-20(18-46(30)29(49)50)5-4-14-45(19-22-39-43-44-40-22)23-6-3-7-26(37-23)54(51,52)42-28(48)21-8-9-24(38-27(21)33)47-15-10-25(41-47)53-16-13-31(11-12-31)32(34,35)36/h3,6-10,15,20H,4-5,11-14,16-19H2,1-2H3,(H,42,48)(H,49,50)(H,39,40,43,44)/t20-/m0/s1. The second-order valence-corrected chi connectivity index (χ2v) is 15.9. The van der Waals surface area contributed by atoms with Crippen LogP contribution < -0.4 is 14.4 Å². The molecule has 4 aromatic rings. The van der Waals surface area contributed by atoms with Crippen molar-refractivity contribution in [2.45, 2.75) is 75.7 Å². The van der Waals surface area contributed by atoms with E-state index in [1.165, 1.54) is 46.1 Å². The number of H-pyrrole nitrogens is 1. The number of rotatable bonds is 15. The molecule has 2 amide bonds. The summed E-state index contributed by atoms with van der Waals surface area (Å²) in [7, 11) is -4.53. The number of halogens is 4. The number of amides is 2. The van der Waals surface area contributed by atoms with Gasteiger partial charge in [-0.1, -0.05) is 22.9 Å². The number of aromatic nitrogens is 8. The SMILES string of the molecule is CC1(C)C[C@H](CCCN(Cc2nn[nH]n2)c2cccc(S(=O)(=O)NC(=O)c3ccc(-n4ccc(OCCC5(C(F)(F)F)CC5)n4)nc3Cl)n2)CN1C(=O)O. The lowest BCUT2D eigenvalue weighted by molar-refractivity contribution is -0.190. The Morgan fingerprint density at radius 3 is 2.59 bits per heavy atom. The van der Waals surface area contributed by atoms with E-state index in [9.17, 15) is 36.3 Å². The fraction of sp³-hybridized carbons (Fsp3) is 0.500. The number of alkyl halides is 3. The van der Waals surface area contributed by atoms with Crippen molar-refractivity contribution in [3.63, 3.8) is 0 Å². The number of carbonyl (C=O) groups is 2. The van der Waals surface area contributed by atoms with E-state index in [1.54, 1.807) is 11.0 Å². The van der Waals surface area contributed by atoms with Crippen LogP contribution >= 0.6 is 11.6 Å². The third kappa shape index (κ3) is 8.67. The van der Waals surface area contributed by atoms with Crippen LogP contribution in [0.5, 0.6) is 5.88 Å². The Morgan fingerprint density at radius 2 is 1.94 bits per heavy atom. The molecule has 1 aliphatic carbocycles. The predicted octanol–water partition coefficient (Wildman–Crippen LogP) is 4.62. The highest BCUT2D eigenvalue weighted by molar-refractivity contribution is 7.90. The van der Waals surface area contributed by atoms with Crippen LogP contribution in [0.2, 0.25) is 5.15 Å². The number of hydrogen-bond acceptors (Lipinski definition) is 12. The van der Waals surface area contributed by atoms with Crippen molar-refractivity contribution in [3.8, 4) is 11.7 Å². The third-order valence-electron chi connectivity index (χ3n) is 9.65. The number of anilines is 1. The van der Waals surface area contributed by atoms with Crippen molar-refractivity contribution < 1.29 is 41.0 Å². The average molecular weight is 796 g/mol. The van der Waals surface area contributed by atoms with Crippen molar-refractivity contribution in [2.24, 2.45) is 11.3 Å². The molecule has 17 nitrogen and oxygen atoms in total. The molecule has 1 saturated carbocycles. The molecule has 2 aliphatic rings. The maximum atomic E-state index is 13.4. The van der Waals surface area contributed by atoms with Gasteiger partial charge in [0.2, 0.25) is 5.88 Å². The lowest BCUT2D eigenvalue weighted by Crippen LogP contribution is -2.41. The number of likely N-dealkylation sites (tertiary alicyclic amines) is 1. The van der Waals surface area contributed by atoms with Crippen LogP contribution in [0.25, 0.3) is 5.82 Å². The Labute approximate surface area is 312 Å². The molecular formula is C32H37ClF3N11O6S. The quantitative estimate of drug-likeness (QED) is 0.140. The van der Waals surface area contributed by atoms with E-state index in [4.69, 9.17) is 16.3 Å². The summed E-state index contributed by atoms with van der Waals surface area (Å²) in [6, 6.07) is 8.33. The summed E-state index contributed by atoms with van der Waals surface area (Å²) in [5, 5.41) is 26.9. The third-order valence-corrected chi connectivity index (χ3v) is 11.2. The van der Waals surface area contributed by atoms with Crippen LogP contribution in [0.15, 0.2) is 47.6 Å². The minimum Gasteiger partial charge on any atom is -0.477 e. The second kappa shape index (κ2) is 15.0. The molecule has 3 N–H and O–H groups in total. The fourth-order valence-electron chi connectivity index (χ4n) is 6.55. The summed E-state index contributed by atoms with van der Waals surface area (Å²) >= 11 is 6.29. The summed E-state index contributed by atoms with van der Waals surface area (Å²) in [6.07, 6.45) is -1.82. The predicted molar refractivity (Wildman–Crippen MR) is 184 cm³/mol. The molecule has 0 aromatic carbocycles. The summed E-state index contributed by atoms with van der Waals surface area (Å²) in [6.45, 7) is 4.56. The molecular weight excluding hydrogens is 759 g/mol. The number of sulfonamides is 1. The number of nitrogens with zero attached hydrogens (tertiary/aromatic N) is 9. The normalized spacial score (nSPS) is 17.7. The van der Waals surface area contributed by atoms with Gasteiger partial charge in [0, 0.05) is 30.9 Å². The van der Waals surface area contributed by atoms with Crippen LogP contribution in [0.3, 0.4) is 0 Å². The number of carboxylic acid groups (broad SMARTS) is 1. The van der Waals surface area contributed by atoms with Gasteiger partial charge in [-0.15, -0.1) is 15.3 Å². The number of carbonyl (C=O) groups excluding carboxylic acids is 1. The smallest absolute Gasteiger partial charge is 0.407 e. The van der Waals surface area contributed by atoms with Crippen LogP contribution in [0.4, 0.5) is 23.8 Å². The van der Waals surface area contributed by atoms with Crippen LogP contribution in [-0.2, 0) is 16.6 Å². The summed E-state index contributed by atoms with van der Waals surface area (Å²) in [5.41, 5.74) is -2.45. The van der Waals surface area contributed by atoms with Crippen LogP contribution in [0, 0.1) is 11.3 Å². The zero-order valence-electron chi connectivity index (χ0n) is 29.1. The Hall–Kier alpha value is -5.05. The molecule has 2 fully saturated rings. The molecule has 1 saturated heterocycles.